The van der Waals surface area contributed by atoms with E-state index in [2.05, 4.69) is 57.5 Å². The number of aryl methyl sites for hydroxylation is 1. The molecule has 3 amide bonds. The third kappa shape index (κ3) is 11.7. The minimum atomic E-state index is -0.394. The molecule has 0 radical (unpaired) electrons. The van der Waals surface area contributed by atoms with Crippen LogP contribution < -0.4 is 15.4 Å². The largest absolute Gasteiger partial charge is 0.494 e. The number of esters is 2. The molecule has 316 valence electrons. The number of urea groups is 1. The van der Waals surface area contributed by atoms with Crippen LogP contribution in [0.1, 0.15) is 95.6 Å². The zero-order valence-corrected chi connectivity index (χ0v) is 35.1. The number of rotatable bonds is 15. The normalized spacial score (nSPS) is 20.9. The molecule has 3 atom stereocenters. The maximum absolute atomic E-state index is 12.8. The first kappa shape index (κ1) is 43.0. The predicted molar refractivity (Wildman–Crippen MR) is 222 cm³/mol. The molecule has 1 aromatic heterocycles. The minimum absolute atomic E-state index is 0.00934. The van der Waals surface area contributed by atoms with Crippen molar-refractivity contribution in [3.63, 3.8) is 0 Å². The summed E-state index contributed by atoms with van der Waals surface area (Å²) in [5, 5.41) is 6.68. The van der Waals surface area contributed by atoms with Crippen LogP contribution in [-0.4, -0.2) is 109 Å². The van der Waals surface area contributed by atoms with Gasteiger partial charge in [-0.1, -0.05) is 38.1 Å². The molecule has 3 aliphatic rings. The van der Waals surface area contributed by atoms with Crippen molar-refractivity contribution < 1.29 is 38.1 Å². The van der Waals surface area contributed by atoms with Crippen molar-refractivity contribution >= 4 is 34.8 Å². The van der Waals surface area contributed by atoms with E-state index < -0.39 is 12.3 Å². The number of benzene rings is 2. The summed E-state index contributed by atoms with van der Waals surface area (Å²) in [7, 11) is 0. The van der Waals surface area contributed by atoms with Crippen LogP contribution in [-0.2, 0) is 35.0 Å². The summed E-state index contributed by atoms with van der Waals surface area (Å²) in [5.74, 6) is 0.491. The second kappa shape index (κ2) is 19.9. The molecule has 3 unspecified atom stereocenters. The SMILES string of the molecule is CC(=O)OCC1CC(OC(C)=O)CC(n2cc(Cc3ccc(OCCCN4CCCC5(CCN(C(=O)CNC(=O)NCC(C)C)CC5)C4)cc3)c3c(C)cccc32)O1. The first-order valence-electron chi connectivity index (χ1n) is 21.1. The van der Waals surface area contributed by atoms with Gasteiger partial charge in [-0.3, -0.25) is 14.4 Å². The molecule has 1 spiro atoms. The Morgan fingerprint density at radius 1 is 0.948 bits per heavy atom. The van der Waals surface area contributed by atoms with Gasteiger partial charge in [0.25, 0.3) is 0 Å². The highest BCUT2D eigenvalue weighted by Crippen LogP contribution is 2.40. The van der Waals surface area contributed by atoms with Gasteiger partial charge in [0, 0.05) is 71.0 Å². The summed E-state index contributed by atoms with van der Waals surface area (Å²) in [5.41, 5.74) is 4.80. The monoisotopic (exact) mass is 801 g/mol. The van der Waals surface area contributed by atoms with E-state index in [1.165, 1.54) is 48.8 Å². The van der Waals surface area contributed by atoms with Crippen molar-refractivity contribution in [3.05, 3.63) is 65.4 Å². The van der Waals surface area contributed by atoms with Crippen LogP contribution in [0.25, 0.3) is 10.9 Å². The Balaban J connectivity index is 0.978. The van der Waals surface area contributed by atoms with E-state index in [-0.39, 0.29) is 48.5 Å². The van der Waals surface area contributed by atoms with Gasteiger partial charge < -0.3 is 43.9 Å². The van der Waals surface area contributed by atoms with E-state index in [1.807, 2.05) is 36.9 Å². The summed E-state index contributed by atoms with van der Waals surface area (Å²) in [6.07, 6.45) is 8.01. The summed E-state index contributed by atoms with van der Waals surface area (Å²) in [6, 6.07) is 14.3. The molecule has 13 nitrogen and oxygen atoms in total. The van der Waals surface area contributed by atoms with E-state index in [0.717, 1.165) is 69.7 Å². The van der Waals surface area contributed by atoms with Gasteiger partial charge in [-0.15, -0.1) is 0 Å². The number of amides is 3. The predicted octanol–water partition coefficient (Wildman–Crippen LogP) is 6.14. The quantitative estimate of drug-likeness (QED) is 0.137. The Morgan fingerprint density at radius 3 is 2.45 bits per heavy atom. The van der Waals surface area contributed by atoms with Gasteiger partial charge >= 0.3 is 18.0 Å². The van der Waals surface area contributed by atoms with Gasteiger partial charge in [0.15, 0.2) is 0 Å². The molecule has 6 rings (SSSR count). The molecule has 3 saturated heterocycles. The molecule has 0 aliphatic carbocycles. The molecule has 3 aliphatic heterocycles. The maximum Gasteiger partial charge on any atom is 0.315 e. The molecule has 58 heavy (non-hydrogen) atoms. The van der Waals surface area contributed by atoms with Crippen LogP contribution in [0.5, 0.6) is 5.75 Å². The molecular weight excluding hydrogens is 739 g/mol. The fourth-order valence-corrected chi connectivity index (χ4v) is 8.90. The molecule has 2 N–H and O–H groups in total. The number of hydrogen-bond acceptors (Lipinski definition) is 9. The van der Waals surface area contributed by atoms with Gasteiger partial charge in [0.1, 0.15) is 24.7 Å². The number of nitrogens with zero attached hydrogens (tertiary/aromatic N) is 3. The summed E-state index contributed by atoms with van der Waals surface area (Å²) in [4.78, 5) is 52.7. The maximum atomic E-state index is 12.8. The Bertz CT molecular complexity index is 1870. The summed E-state index contributed by atoms with van der Waals surface area (Å²) in [6.45, 7) is 15.0. The van der Waals surface area contributed by atoms with E-state index in [4.69, 9.17) is 18.9 Å². The van der Waals surface area contributed by atoms with Crippen LogP contribution in [0.4, 0.5) is 4.79 Å². The van der Waals surface area contributed by atoms with Crippen molar-refractivity contribution in [2.24, 2.45) is 11.3 Å². The Kier molecular flexibility index (Phi) is 14.7. The zero-order chi connectivity index (χ0) is 41.2. The molecule has 0 bridgehead atoms. The fourth-order valence-electron chi connectivity index (χ4n) is 8.90. The number of ether oxygens (including phenoxy) is 4. The minimum Gasteiger partial charge on any atom is -0.494 e. The molecule has 4 heterocycles. The van der Waals surface area contributed by atoms with Crippen molar-refractivity contribution in [2.75, 3.05) is 59.0 Å². The van der Waals surface area contributed by atoms with Crippen molar-refractivity contribution in [1.82, 2.24) is 25.0 Å². The van der Waals surface area contributed by atoms with Gasteiger partial charge in [-0.25, -0.2) is 4.79 Å². The number of fused-ring (bicyclic) bond motifs is 1. The third-order valence-corrected chi connectivity index (χ3v) is 11.8. The number of hydrogen-bond donors (Lipinski definition) is 2. The molecular formula is C45H63N5O8. The standard InChI is InChI=1S/C45H63N5O8/c1-31(2)26-46-44(54)47-27-41(53)49-20-16-45(17-21-49)15-7-18-48(30-45)19-8-22-55-37-13-11-35(12-14-37)23-36-28-50(40-10-6-9-32(3)43(36)40)42-25-38(57-34(5)52)24-39(58-42)29-56-33(4)51/h6,9-14,28,31,38-39,42H,7-8,15-27,29-30H2,1-5H3,(H2,46,47,54). The topological polar surface area (TPSA) is 141 Å². The smallest absolute Gasteiger partial charge is 0.315 e. The Hall–Kier alpha value is -4.62. The van der Waals surface area contributed by atoms with Crippen molar-refractivity contribution in [2.45, 2.75) is 104 Å². The Labute approximate surface area is 343 Å². The summed E-state index contributed by atoms with van der Waals surface area (Å²) < 4.78 is 25.7. The number of piperidine rings is 2. The average molecular weight is 802 g/mol. The van der Waals surface area contributed by atoms with Gasteiger partial charge in [0.05, 0.1) is 24.8 Å². The number of aromatic nitrogens is 1. The zero-order valence-electron chi connectivity index (χ0n) is 35.1. The molecule has 2 aromatic carbocycles. The van der Waals surface area contributed by atoms with Crippen LogP contribution in [0.2, 0.25) is 0 Å². The van der Waals surface area contributed by atoms with Gasteiger partial charge in [0.2, 0.25) is 5.91 Å². The number of likely N-dealkylation sites (tertiary alicyclic amines) is 2. The lowest BCUT2D eigenvalue weighted by Gasteiger charge is -2.47. The lowest BCUT2D eigenvalue weighted by molar-refractivity contribution is -0.178. The van der Waals surface area contributed by atoms with E-state index in [9.17, 15) is 19.2 Å². The molecule has 3 aromatic rings. The van der Waals surface area contributed by atoms with Gasteiger partial charge in [-0.05, 0) is 98.2 Å². The van der Waals surface area contributed by atoms with Crippen LogP contribution in [0.3, 0.4) is 0 Å². The number of nitrogens with one attached hydrogen (secondary N) is 2. The lowest BCUT2D eigenvalue weighted by atomic mass is 9.72. The number of carbonyl (C=O) groups is 4. The van der Waals surface area contributed by atoms with Crippen molar-refractivity contribution in [1.29, 1.82) is 0 Å². The first-order chi connectivity index (χ1) is 27.9. The molecule has 0 saturated carbocycles. The lowest BCUT2D eigenvalue weighted by Crippen LogP contribution is -2.52. The second-order valence-corrected chi connectivity index (χ2v) is 17.0. The third-order valence-electron chi connectivity index (χ3n) is 11.8. The van der Waals surface area contributed by atoms with Crippen molar-refractivity contribution in [3.8, 4) is 5.75 Å². The van der Waals surface area contributed by atoms with E-state index in [0.29, 0.717) is 31.9 Å². The van der Waals surface area contributed by atoms with Crippen LogP contribution in [0.15, 0.2) is 48.7 Å². The van der Waals surface area contributed by atoms with Crippen LogP contribution >= 0.6 is 0 Å². The first-order valence-corrected chi connectivity index (χ1v) is 21.1. The highest BCUT2D eigenvalue weighted by Gasteiger charge is 2.39. The van der Waals surface area contributed by atoms with E-state index in [1.54, 1.807) is 0 Å². The molecule has 3 fully saturated rings. The van der Waals surface area contributed by atoms with E-state index >= 15 is 0 Å². The Morgan fingerprint density at radius 2 is 1.72 bits per heavy atom. The average Bonchev–Trinajstić information content (AvgIpc) is 3.57. The second-order valence-electron chi connectivity index (χ2n) is 17.0. The molecule has 13 heteroatoms. The van der Waals surface area contributed by atoms with Gasteiger partial charge in [-0.2, -0.15) is 0 Å². The summed E-state index contributed by atoms with van der Waals surface area (Å²) >= 11 is 0. The highest BCUT2D eigenvalue weighted by molar-refractivity contribution is 5.88. The fraction of sp³-hybridized carbons (Fsp3) is 0.600. The van der Waals surface area contributed by atoms with Crippen LogP contribution in [0, 0.1) is 18.3 Å². The number of carbonyl (C=O) groups excluding carboxylic acids is 4. The highest BCUT2D eigenvalue weighted by atomic mass is 16.6.